The molecular formula is C23H17FN6. The van der Waals surface area contributed by atoms with Crippen molar-refractivity contribution in [1.82, 2.24) is 24.6 Å². The summed E-state index contributed by atoms with van der Waals surface area (Å²) in [6, 6.07) is 17.9. The second kappa shape index (κ2) is 7.71. The Kier molecular flexibility index (Phi) is 4.61. The maximum Gasteiger partial charge on any atom is 0.223 e. The topological polar surface area (TPSA) is 68.0 Å². The summed E-state index contributed by atoms with van der Waals surface area (Å²) in [5, 5.41) is 7.96. The molecule has 6 nitrogen and oxygen atoms in total. The minimum absolute atomic E-state index is 0.284. The summed E-state index contributed by atoms with van der Waals surface area (Å²) in [7, 11) is 0. The third-order valence-electron chi connectivity index (χ3n) is 4.74. The van der Waals surface area contributed by atoms with E-state index in [-0.39, 0.29) is 5.82 Å². The van der Waals surface area contributed by atoms with Crippen molar-refractivity contribution in [2.75, 3.05) is 5.32 Å². The lowest BCUT2D eigenvalue weighted by molar-refractivity contribution is 0.628. The van der Waals surface area contributed by atoms with Gasteiger partial charge in [0.05, 0.1) is 16.8 Å². The van der Waals surface area contributed by atoms with Gasteiger partial charge in [-0.3, -0.25) is 4.98 Å². The molecule has 0 fully saturated rings. The van der Waals surface area contributed by atoms with Gasteiger partial charge in [-0.15, -0.1) is 0 Å². The number of anilines is 1. The van der Waals surface area contributed by atoms with E-state index in [1.807, 2.05) is 42.6 Å². The zero-order valence-corrected chi connectivity index (χ0v) is 15.9. The summed E-state index contributed by atoms with van der Waals surface area (Å²) < 4.78 is 15.3. The molecule has 0 bridgehead atoms. The van der Waals surface area contributed by atoms with E-state index in [1.165, 1.54) is 12.1 Å². The van der Waals surface area contributed by atoms with E-state index in [1.54, 1.807) is 35.2 Å². The zero-order chi connectivity index (χ0) is 20.3. The standard InChI is InChI=1S/C23H17FN6/c24-18-8-6-17(7-9-18)22-21(20-5-1-2-13-30(20)29-22)19-10-12-26-23(28-19)27-15-16-4-3-11-25-14-16/h1-14H,15H2,(H,26,27,28). The average Bonchev–Trinajstić information content (AvgIpc) is 3.19. The Morgan fingerprint density at radius 1 is 0.933 bits per heavy atom. The molecular weight excluding hydrogens is 379 g/mol. The number of benzene rings is 1. The predicted molar refractivity (Wildman–Crippen MR) is 113 cm³/mol. The minimum Gasteiger partial charge on any atom is -0.350 e. The highest BCUT2D eigenvalue weighted by Gasteiger charge is 2.18. The normalized spacial score (nSPS) is 11.0. The van der Waals surface area contributed by atoms with Gasteiger partial charge in [0.25, 0.3) is 0 Å². The molecule has 0 radical (unpaired) electrons. The highest BCUT2D eigenvalue weighted by Crippen LogP contribution is 2.34. The first-order chi connectivity index (χ1) is 14.8. The van der Waals surface area contributed by atoms with Crippen LogP contribution in [-0.4, -0.2) is 24.6 Å². The Labute approximate surface area is 172 Å². The monoisotopic (exact) mass is 396 g/mol. The fraction of sp³-hybridized carbons (Fsp3) is 0.0435. The highest BCUT2D eigenvalue weighted by atomic mass is 19.1. The van der Waals surface area contributed by atoms with Gasteiger partial charge < -0.3 is 5.32 Å². The number of nitrogens with one attached hydrogen (secondary N) is 1. The van der Waals surface area contributed by atoms with Crippen molar-refractivity contribution in [2.45, 2.75) is 6.54 Å². The second-order valence-electron chi connectivity index (χ2n) is 6.74. The second-order valence-corrected chi connectivity index (χ2v) is 6.74. The molecule has 7 heteroatoms. The van der Waals surface area contributed by atoms with Crippen molar-refractivity contribution in [3.8, 4) is 22.5 Å². The number of hydrogen-bond acceptors (Lipinski definition) is 5. The van der Waals surface area contributed by atoms with E-state index >= 15 is 0 Å². The maximum atomic E-state index is 13.4. The van der Waals surface area contributed by atoms with E-state index in [0.29, 0.717) is 12.5 Å². The molecule has 0 atom stereocenters. The Balaban J connectivity index is 1.57. The zero-order valence-electron chi connectivity index (χ0n) is 15.9. The Bertz CT molecular complexity index is 1300. The van der Waals surface area contributed by atoms with Crippen LogP contribution in [0.2, 0.25) is 0 Å². The van der Waals surface area contributed by atoms with E-state index in [9.17, 15) is 4.39 Å². The molecule has 5 rings (SSSR count). The molecule has 4 heterocycles. The van der Waals surface area contributed by atoms with Crippen LogP contribution in [0, 0.1) is 5.82 Å². The van der Waals surface area contributed by atoms with Crippen molar-refractivity contribution >= 4 is 11.5 Å². The molecule has 0 amide bonds. The van der Waals surface area contributed by atoms with Crippen LogP contribution in [0.5, 0.6) is 0 Å². The summed E-state index contributed by atoms with van der Waals surface area (Å²) in [6.45, 7) is 0.566. The third-order valence-corrected chi connectivity index (χ3v) is 4.74. The Hall–Kier alpha value is -4.13. The Morgan fingerprint density at radius 3 is 2.67 bits per heavy atom. The SMILES string of the molecule is Fc1ccc(-c2nn3ccccc3c2-c2ccnc(NCc3cccnc3)n2)cc1. The summed E-state index contributed by atoms with van der Waals surface area (Å²) in [5.41, 5.74) is 5.10. The van der Waals surface area contributed by atoms with Crippen LogP contribution in [0.4, 0.5) is 10.3 Å². The lowest BCUT2D eigenvalue weighted by Crippen LogP contribution is -2.04. The van der Waals surface area contributed by atoms with Crippen molar-refractivity contribution in [3.05, 3.63) is 96.8 Å². The number of pyridine rings is 2. The molecule has 0 aliphatic rings. The summed E-state index contributed by atoms with van der Waals surface area (Å²) in [4.78, 5) is 13.2. The largest absolute Gasteiger partial charge is 0.350 e. The average molecular weight is 396 g/mol. The smallest absolute Gasteiger partial charge is 0.223 e. The van der Waals surface area contributed by atoms with Crippen LogP contribution in [0.1, 0.15) is 5.56 Å². The number of halogens is 1. The first-order valence-corrected chi connectivity index (χ1v) is 9.47. The van der Waals surface area contributed by atoms with Crippen molar-refractivity contribution in [2.24, 2.45) is 0 Å². The van der Waals surface area contributed by atoms with Crippen LogP contribution < -0.4 is 5.32 Å². The van der Waals surface area contributed by atoms with E-state index in [2.05, 4.69) is 15.3 Å². The number of fused-ring (bicyclic) bond motifs is 1. The number of nitrogens with zero attached hydrogens (tertiary/aromatic N) is 5. The van der Waals surface area contributed by atoms with Gasteiger partial charge in [0.15, 0.2) is 0 Å². The summed E-state index contributed by atoms with van der Waals surface area (Å²) in [6.07, 6.45) is 7.14. The molecule has 0 saturated heterocycles. The molecule has 0 aliphatic heterocycles. The highest BCUT2D eigenvalue weighted by molar-refractivity contribution is 5.90. The van der Waals surface area contributed by atoms with Crippen molar-refractivity contribution < 1.29 is 4.39 Å². The fourth-order valence-electron chi connectivity index (χ4n) is 3.33. The van der Waals surface area contributed by atoms with Crippen LogP contribution in [0.25, 0.3) is 28.0 Å². The molecule has 5 aromatic rings. The van der Waals surface area contributed by atoms with Gasteiger partial charge in [-0.05, 0) is 54.1 Å². The molecule has 0 saturated carbocycles. The Morgan fingerprint density at radius 2 is 1.83 bits per heavy atom. The summed E-state index contributed by atoms with van der Waals surface area (Å²) in [5.74, 6) is 0.227. The first kappa shape index (κ1) is 17.9. The third kappa shape index (κ3) is 3.48. The quantitative estimate of drug-likeness (QED) is 0.470. The van der Waals surface area contributed by atoms with Gasteiger partial charge in [0.1, 0.15) is 11.5 Å². The lowest BCUT2D eigenvalue weighted by Gasteiger charge is -2.07. The van der Waals surface area contributed by atoms with Gasteiger partial charge >= 0.3 is 0 Å². The van der Waals surface area contributed by atoms with E-state index in [0.717, 1.165) is 33.6 Å². The first-order valence-electron chi connectivity index (χ1n) is 9.47. The molecule has 4 aromatic heterocycles. The molecule has 1 N–H and O–H groups in total. The molecule has 0 spiro atoms. The number of hydrogen-bond donors (Lipinski definition) is 1. The van der Waals surface area contributed by atoms with Gasteiger partial charge in [-0.25, -0.2) is 18.9 Å². The number of aromatic nitrogens is 5. The lowest BCUT2D eigenvalue weighted by atomic mass is 10.0. The van der Waals surface area contributed by atoms with Gasteiger partial charge in [-0.1, -0.05) is 12.1 Å². The molecule has 0 aliphatic carbocycles. The van der Waals surface area contributed by atoms with E-state index < -0.39 is 0 Å². The summed E-state index contributed by atoms with van der Waals surface area (Å²) >= 11 is 0. The van der Waals surface area contributed by atoms with Crippen LogP contribution in [-0.2, 0) is 6.54 Å². The molecule has 1 aromatic carbocycles. The van der Waals surface area contributed by atoms with Crippen LogP contribution >= 0.6 is 0 Å². The number of rotatable bonds is 5. The van der Waals surface area contributed by atoms with Crippen molar-refractivity contribution in [3.63, 3.8) is 0 Å². The predicted octanol–water partition coefficient (Wildman–Crippen LogP) is 4.60. The molecule has 30 heavy (non-hydrogen) atoms. The van der Waals surface area contributed by atoms with Gasteiger partial charge in [0.2, 0.25) is 5.95 Å². The molecule has 146 valence electrons. The van der Waals surface area contributed by atoms with Crippen LogP contribution in [0.15, 0.2) is 85.5 Å². The minimum atomic E-state index is -0.284. The van der Waals surface area contributed by atoms with Gasteiger partial charge in [0, 0.05) is 36.9 Å². The van der Waals surface area contributed by atoms with E-state index in [4.69, 9.17) is 10.1 Å². The fourth-order valence-corrected chi connectivity index (χ4v) is 3.33. The molecule has 0 unspecified atom stereocenters. The maximum absolute atomic E-state index is 13.4. The van der Waals surface area contributed by atoms with Crippen molar-refractivity contribution in [1.29, 1.82) is 0 Å². The van der Waals surface area contributed by atoms with Gasteiger partial charge in [-0.2, -0.15) is 5.10 Å². The van der Waals surface area contributed by atoms with Crippen LogP contribution in [0.3, 0.4) is 0 Å².